The van der Waals surface area contributed by atoms with E-state index in [4.69, 9.17) is 0 Å². The molecule has 124 valence electrons. The number of hydrogen-bond donors (Lipinski definition) is 1. The van der Waals surface area contributed by atoms with Crippen LogP contribution in [-0.4, -0.2) is 14.7 Å². The molecule has 2 aromatic carbocycles. The first-order valence-electron chi connectivity index (χ1n) is 8.43. The van der Waals surface area contributed by atoms with Gasteiger partial charge in [0.05, 0.1) is 11.9 Å². The summed E-state index contributed by atoms with van der Waals surface area (Å²) >= 11 is 0. The Labute approximate surface area is 143 Å². The van der Waals surface area contributed by atoms with E-state index in [0.29, 0.717) is 0 Å². The minimum Gasteiger partial charge on any atom is -0.374 e. The summed E-state index contributed by atoms with van der Waals surface area (Å²) in [6.45, 7) is 4.19. The SMILES string of the molecule is CCCc1ncc([C@@](O)(c2ccccc2)c2ccc(C)cc2)n1C. The molecule has 0 unspecified atom stereocenters. The molecule has 1 N–H and O–H groups in total. The molecule has 0 aliphatic carbocycles. The van der Waals surface area contributed by atoms with Crippen molar-refractivity contribution in [2.75, 3.05) is 0 Å². The number of benzene rings is 2. The van der Waals surface area contributed by atoms with Gasteiger partial charge in [-0.15, -0.1) is 0 Å². The molecule has 1 heterocycles. The lowest BCUT2D eigenvalue weighted by atomic mass is 9.83. The number of hydrogen-bond acceptors (Lipinski definition) is 2. The summed E-state index contributed by atoms with van der Waals surface area (Å²) in [6.07, 6.45) is 3.73. The van der Waals surface area contributed by atoms with Crippen molar-refractivity contribution in [3.05, 3.63) is 89.0 Å². The average molecular weight is 320 g/mol. The van der Waals surface area contributed by atoms with E-state index >= 15 is 0 Å². The maximum absolute atomic E-state index is 11.8. The van der Waals surface area contributed by atoms with E-state index in [1.54, 1.807) is 6.20 Å². The molecule has 0 aliphatic rings. The summed E-state index contributed by atoms with van der Waals surface area (Å²) in [5.74, 6) is 0.994. The fraction of sp³-hybridized carbons (Fsp3) is 0.286. The number of aliphatic hydroxyl groups is 1. The van der Waals surface area contributed by atoms with Crippen LogP contribution in [0.5, 0.6) is 0 Å². The van der Waals surface area contributed by atoms with Crippen LogP contribution in [0.4, 0.5) is 0 Å². The molecule has 0 fully saturated rings. The normalized spacial score (nSPS) is 13.7. The van der Waals surface area contributed by atoms with Crippen LogP contribution in [0.2, 0.25) is 0 Å². The van der Waals surface area contributed by atoms with Crippen molar-refractivity contribution in [2.45, 2.75) is 32.3 Å². The largest absolute Gasteiger partial charge is 0.374 e. The molecule has 0 amide bonds. The fourth-order valence-corrected chi connectivity index (χ4v) is 3.18. The Bertz CT molecular complexity index is 806. The van der Waals surface area contributed by atoms with Crippen LogP contribution in [0.15, 0.2) is 60.8 Å². The van der Waals surface area contributed by atoms with Crippen molar-refractivity contribution < 1.29 is 5.11 Å². The van der Waals surface area contributed by atoms with Gasteiger partial charge in [0.1, 0.15) is 5.82 Å². The minimum absolute atomic E-state index is 0.793. The molecule has 3 aromatic rings. The molecule has 0 spiro atoms. The van der Waals surface area contributed by atoms with E-state index in [2.05, 4.69) is 18.8 Å². The second-order valence-corrected chi connectivity index (χ2v) is 6.31. The van der Waals surface area contributed by atoms with Gasteiger partial charge in [-0.3, -0.25) is 0 Å². The Hall–Kier alpha value is -2.39. The summed E-state index contributed by atoms with van der Waals surface area (Å²) in [6, 6.07) is 17.9. The Kier molecular flexibility index (Phi) is 4.54. The van der Waals surface area contributed by atoms with Gasteiger partial charge in [-0.1, -0.05) is 67.1 Å². The Morgan fingerprint density at radius 3 is 2.25 bits per heavy atom. The van der Waals surface area contributed by atoms with Crippen LogP contribution in [0, 0.1) is 6.92 Å². The third-order valence-electron chi connectivity index (χ3n) is 4.59. The van der Waals surface area contributed by atoms with Gasteiger partial charge in [0, 0.05) is 13.5 Å². The van der Waals surface area contributed by atoms with Crippen LogP contribution in [0.25, 0.3) is 0 Å². The van der Waals surface area contributed by atoms with Crippen molar-refractivity contribution in [1.82, 2.24) is 9.55 Å². The summed E-state index contributed by atoms with van der Waals surface area (Å²) < 4.78 is 2.02. The highest BCUT2D eigenvalue weighted by molar-refractivity contribution is 5.45. The number of aromatic nitrogens is 2. The maximum Gasteiger partial charge on any atom is 0.156 e. The second kappa shape index (κ2) is 6.62. The van der Waals surface area contributed by atoms with Crippen LogP contribution in [0.1, 0.15) is 41.6 Å². The number of rotatable bonds is 5. The predicted octanol–water partition coefficient (Wildman–Crippen LogP) is 3.97. The molecule has 1 aromatic heterocycles. The topological polar surface area (TPSA) is 38.1 Å². The van der Waals surface area contributed by atoms with Crippen molar-refractivity contribution in [3.8, 4) is 0 Å². The molecule has 0 saturated heterocycles. The summed E-state index contributed by atoms with van der Waals surface area (Å²) in [7, 11) is 1.98. The zero-order valence-corrected chi connectivity index (χ0v) is 14.5. The summed E-state index contributed by atoms with van der Waals surface area (Å²) in [5, 5.41) is 11.8. The van der Waals surface area contributed by atoms with Crippen LogP contribution in [0.3, 0.4) is 0 Å². The van der Waals surface area contributed by atoms with Crippen LogP contribution in [-0.2, 0) is 19.1 Å². The molecule has 3 rings (SSSR count). The van der Waals surface area contributed by atoms with Crippen LogP contribution >= 0.6 is 0 Å². The molecule has 0 bridgehead atoms. The average Bonchev–Trinajstić information content (AvgIpc) is 2.97. The highest BCUT2D eigenvalue weighted by atomic mass is 16.3. The molecule has 0 radical (unpaired) electrons. The molecule has 0 aliphatic heterocycles. The standard InChI is InChI=1S/C21H24N2O/c1-4-8-20-22-15-19(23(20)3)21(24,17-9-6-5-7-10-17)18-13-11-16(2)12-14-18/h5-7,9-15,24H,4,8H2,1-3H3/t21-/m1/s1. The highest BCUT2D eigenvalue weighted by Crippen LogP contribution is 2.36. The molecule has 3 heteroatoms. The third kappa shape index (κ3) is 2.76. The molecule has 0 saturated carbocycles. The highest BCUT2D eigenvalue weighted by Gasteiger charge is 2.36. The number of nitrogens with zero attached hydrogens (tertiary/aromatic N) is 2. The lowest BCUT2D eigenvalue weighted by Crippen LogP contribution is -2.31. The van der Waals surface area contributed by atoms with Gasteiger partial charge in [0.15, 0.2) is 5.60 Å². The van der Waals surface area contributed by atoms with Gasteiger partial charge in [-0.2, -0.15) is 0 Å². The van der Waals surface area contributed by atoms with E-state index in [0.717, 1.165) is 35.5 Å². The Morgan fingerprint density at radius 1 is 1.00 bits per heavy atom. The van der Waals surface area contributed by atoms with Crippen molar-refractivity contribution in [2.24, 2.45) is 7.05 Å². The third-order valence-corrected chi connectivity index (χ3v) is 4.59. The minimum atomic E-state index is -1.22. The van der Waals surface area contributed by atoms with E-state index in [1.165, 1.54) is 5.56 Å². The smallest absolute Gasteiger partial charge is 0.156 e. The van der Waals surface area contributed by atoms with Gasteiger partial charge in [-0.05, 0) is 24.5 Å². The molecule has 3 nitrogen and oxygen atoms in total. The maximum atomic E-state index is 11.8. The van der Waals surface area contributed by atoms with E-state index in [9.17, 15) is 5.11 Å². The van der Waals surface area contributed by atoms with Crippen molar-refractivity contribution in [1.29, 1.82) is 0 Å². The summed E-state index contributed by atoms with van der Waals surface area (Å²) in [5.41, 5.74) is 2.44. The van der Waals surface area contributed by atoms with E-state index < -0.39 is 5.60 Å². The van der Waals surface area contributed by atoms with E-state index in [1.807, 2.05) is 66.2 Å². The molecular weight excluding hydrogens is 296 g/mol. The quantitative estimate of drug-likeness (QED) is 0.772. The number of imidazole rings is 1. The molecular formula is C21H24N2O. The van der Waals surface area contributed by atoms with Crippen molar-refractivity contribution >= 4 is 0 Å². The van der Waals surface area contributed by atoms with Gasteiger partial charge in [-0.25, -0.2) is 4.98 Å². The zero-order valence-electron chi connectivity index (χ0n) is 14.5. The summed E-state index contributed by atoms with van der Waals surface area (Å²) in [4.78, 5) is 4.54. The first-order chi connectivity index (χ1) is 11.6. The lowest BCUT2D eigenvalue weighted by molar-refractivity contribution is 0.117. The monoisotopic (exact) mass is 320 g/mol. The van der Waals surface area contributed by atoms with Gasteiger partial charge in [0.2, 0.25) is 0 Å². The van der Waals surface area contributed by atoms with Crippen molar-refractivity contribution in [3.63, 3.8) is 0 Å². The first kappa shape index (κ1) is 16.5. The van der Waals surface area contributed by atoms with Gasteiger partial charge >= 0.3 is 0 Å². The number of aryl methyl sites for hydroxylation is 2. The Morgan fingerprint density at radius 2 is 1.62 bits per heavy atom. The van der Waals surface area contributed by atoms with Gasteiger partial charge < -0.3 is 9.67 Å². The lowest BCUT2D eigenvalue weighted by Gasteiger charge is -2.30. The molecule has 24 heavy (non-hydrogen) atoms. The fourth-order valence-electron chi connectivity index (χ4n) is 3.18. The van der Waals surface area contributed by atoms with E-state index in [-0.39, 0.29) is 0 Å². The molecule has 1 atom stereocenters. The predicted molar refractivity (Wildman–Crippen MR) is 96.9 cm³/mol. The van der Waals surface area contributed by atoms with Crippen LogP contribution < -0.4 is 0 Å². The van der Waals surface area contributed by atoms with Gasteiger partial charge in [0.25, 0.3) is 0 Å². The first-order valence-corrected chi connectivity index (χ1v) is 8.43. The Balaban J connectivity index is 2.21. The zero-order chi connectivity index (χ0) is 17.2. The second-order valence-electron chi connectivity index (χ2n) is 6.31.